The van der Waals surface area contributed by atoms with Crippen molar-refractivity contribution in [2.24, 2.45) is 0 Å². The Morgan fingerprint density at radius 1 is 1.04 bits per heavy atom. The molecule has 0 radical (unpaired) electrons. The highest BCUT2D eigenvalue weighted by Gasteiger charge is 2.13. The topological polar surface area (TPSA) is 47.8 Å². The first-order valence-corrected chi connectivity index (χ1v) is 9.59. The zero-order valence-electron chi connectivity index (χ0n) is 15.1. The largest absolute Gasteiger partial charge is 0.268 e. The van der Waals surface area contributed by atoms with Gasteiger partial charge in [-0.05, 0) is 37.1 Å². The SMILES string of the molecule is CCc1nc2cccc(C#Cc3nc(C)cs3)c2c(=O)n1-c1ccccc1. The van der Waals surface area contributed by atoms with E-state index in [1.165, 1.54) is 11.3 Å². The first-order chi connectivity index (χ1) is 13.2. The van der Waals surface area contributed by atoms with Crippen LogP contribution in [0.15, 0.2) is 58.7 Å². The lowest BCUT2D eigenvalue weighted by Gasteiger charge is -2.13. The van der Waals surface area contributed by atoms with Gasteiger partial charge >= 0.3 is 0 Å². The molecule has 0 atom stereocenters. The second kappa shape index (κ2) is 7.18. The molecule has 2 aromatic carbocycles. The summed E-state index contributed by atoms with van der Waals surface area (Å²) in [5, 5.41) is 3.25. The molecular formula is C22H17N3OS. The van der Waals surface area contributed by atoms with E-state index in [2.05, 4.69) is 16.8 Å². The summed E-state index contributed by atoms with van der Waals surface area (Å²) in [6.07, 6.45) is 0.661. The summed E-state index contributed by atoms with van der Waals surface area (Å²) in [6.45, 7) is 3.94. The average Bonchev–Trinajstić information content (AvgIpc) is 3.11. The maximum Gasteiger partial charge on any atom is 0.267 e. The Hall–Kier alpha value is -3.23. The van der Waals surface area contributed by atoms with Gasteiger partial charge in [0.2, 0.25) is 0 Å². The van der Waals surface area contributed by atoms with Crippen LogP contribution in [-0.4, -0.2) is 14.5 Å². The van der Waals surface area contributed by atoms with Crippen LogP contribution < -0.4 is 5.56 Å². The van der Waals surface area contributed by atoms with E-state index in [9.17, 15) is 4.79 Å². The lowest BCUT2D eigenvalue weighted by molar-refractivity contribution is 0.833. The number of nitrogens with zero attached hydrogens (tertiary/aromatic N) is 3. The number of para-hydroxylation sites is 1. The molecule has 2 aromatic heterocycles. The highest BCUT2D eigenvalue weighted by Crippen LogP contribution is 2.17. The van der Waals surface area contributed by atoms with E-state index in [0.717, 1.165) is 22.2 Å². The van der Waals surface area contributed by atoms with Gasteiger partial charge in [0, 0.05) is 23.1 Å². The standard InChI is InChI=1S/C22H17N3OS/c1-3-19-24-18-11-7-8-16(12-13-20-23-15(2)14-27-20)21(18)22(26)25(19)17-9-5-4-6-10-17/h4-11,14H,3H2,1-2H3. The fourth-order valence-corrected chi connectivity index (χ4v) is 3.63. The third kappa shape index (κ3) is 3.27. The summed E-state index contributed by atoms with van der Waals surface area (Å²) in [5.41, 5.74) is 3.01. The molecule has 0 fully saturated rings. The molecule has 27 heavy (non-hydrogen) atoms. The Labute approximate surface area is 161 Å². The number of benzene rings is 2. The molecule has 4 nitrogen and oxygen atoms in total. The van der Waals surface area contributed by atoms with Crippen LogP contribution in [0.1, 0.15) is 29.0 Å². The van der Waals surface area contributed by atoms with Crippen LogP contribution in [0.3, 0.4) is 0 Å². The summed E-state index contributed by atoms with van der Waals surface area (Å²) in [4.78, 5) is 22.5. The minimum atomic E-state index is -0.0942. The lowest BCUT2D eigenvalue weighted by atomic mass is 10.1. The van der Waals surface area contributed by atoms with Gasteiger partial charge in [0.25, 0.3) is 5.56 Å². The van der Waals surface area contributed by atoms with Crippen LogP contribution in [0.2, 0.25) is 0 Å². The zero-order valence-corrected chi connectivity index (χ0v) is 15.9. The molecule has 0 bridgehead atoms. The van der Waals surface area contributed by atoms with Crippen molar-refractivity contribution in [3.8, 4) is 17.5 Å². The van der Waals surface area contributed by atoms with Crippen LogP contribution in [0.5, 0.6) is 0 Å². The molecule has 2 heterocycles. The van der Waals surface area contributed by atoms with Gasteiger partial charge in [-0.1, -0.05) is 37.1 Å². The maximum absolute atomic E-state index is 13.4. The average molecular weight is 371 g/mol. The molecule has 0 spiro atoms. The van der Waals surface area contributed by atoms with Gasteiger partial charge in [0.1, 0.15) is 5.82 Å². The predicted octanol–water partition coefficient (Wildman–Crippen LogP) is 4.11. The minimum Gasteiger partial charge on any atom is -0.268 e. The molecule has 0 N–H and O–H groups in total. The van der Waals surface area contributed by atoms with E-state index in [4.69, 9.17) is 4.98 Å². The van der Waals surface area contributed by atoms with E-state index in [-0.39, 0.29) is 5.56 Å². The van der Waals surface area contributed by atoms with Crippen LogP contribution >= 0.6 is 11.3 Å². The van der Waals surface area contributed by atoms with Crippen molar-refractivity contribution >= 4 is 22.2 Å². The van der Waals surface area contributed by atoms with Crippen molar-refractivity contribution in [3.63, 3.8) is 0 Å². The molecule has 132 valence electrons. The molecule has 0 saturated heterocycles. The highest BCUT2D eigenvalue weighted by molar-refractivity contribution is 7.10. The molecule has 5 heteroatoms. The normalized spacial score (nSPS) is 10.6. The van der Waals surface area contributed by atoms with Crippen LogP contribution in [-0.2, 0) is 6.42 Å². The summed E-state index contributed by atoms with van der Waals surface area (Å²) in [5.74, 6) is 6.92. The van der Waals surface area contributed by atoms with Crippen LogP contribution in [0.4, 0.5) is 0 Å². The molecule has 4 rings (SSSR count). The highest BCUT2D eigenvalue weighted by atomic mass is 32.1. The number of hydrogen-bond acceptors (Lipinski definition) is 4. The van der Waals surface area contributed by atoms with Crippen LogP contribution in [0.25, 0.3) is 16.6 Å². The first-order valence-electron chi connectivity index (χ1n) is 8.71. The third-order valence-electron chi connectivity index (χ3n) is 4.22. The van der Waals surface area contributed by atoms with Gasteiger partial charge in [0.05, 0.1) is 16.6 Å². The number of hydrogen-bond donors (Lipinski definition) is 0. The minimum absolute atomic E-state index is 0.0942. The number of aromatic nitrogens is 3. The summed E-state index contributed by atoms with van der Waals surface area (Å²) < 4.78 is 1.68. The van der Waals surface area contributed by atoms with Gasteiger partial charge in [-0.25, -0.2) is 9.97 Å². The Morgan fingerprint density at radius 3 is 2.56 bits per heavy atom. The van der Waals surface area contributed by atoms with E-state index in [1.54, 1.807) is 4.57 Å². The van der Waals surface area contributed by atoms with Crippen molar-refractivity contribution in [2.45, 2.75) is 20.3 Å². The molecule has 0 aliphatic rings. The second-order valence-corrected chi connectivity index (χ2v) is 6.96. The van der Waals surface area contributed by atoms with Gasteiger partial charge in [0.15, 0.2) is 5.01 Å². The molecule has 0 saturated carbocycles. The number of rotatable bonds is 2. The van der Waals surface area contributed by atoms with Crippen molar-refractivity contribution < 1.29 is 0 Å². The van der Waals surface area contributed by atoms with E-state index >= 15 is 0 Å². The fraction of sp³-hybridized carbons (Fsp3) is 0.136. The van der Waals surface area contributed by atoms with Crippen molar-refractivity contribution in [1.82, 2.24) is 14.5 Å². The lowest BCUT2D eigenvalue weighted by Crippen LogP contribution is -2.24. The summed E-state index contributed by atoms with van der Waals surface area (Å²) in [7, 11) is 0. The van der Waals surface area contributed by atoms with Gasteiger partial charge in [-0.2, -0.15) is 0 Å². The van der Waals surface area contributed by atoms with Crippen molar-refractivity contribution in [2.75, 3.05) is 0 Å². The molecular weight excluding hydrogens is 354 g/mol. The molecule has 0 unspecified atom stereocenters. The summed E-state index contributed by atoms with van der Waals surface area (Å²) >= 11 is 1.50. The Morgan fingerprint density at radius 2 is 1.85 bits per heavy atom. The fourth-order valence-electron chi connectivity index (χ4n) is 2.99. The van der Waals surface area contributed by atoms with Gasteiger partial charge in [-0.15, -0.1) is 11.3 Å². The number of aryl methyl sites for hydroxylation is 2. The monoisotopic (exact) mass is 371 g/mol. The van der Waals surface area contributed by atoms with Crippen molar-refractivity contribution in [1.29, 1.82) is 0 Å². The number of fused-ring (bicyclic) bond motifs is 1. The first kappa shape index (κ1) is 17.2. The Bertz CT molecular complexity index is 1240. The molecule has 0 amide bonds. The van der Waals surface area contributed by atoms with Crippen LogP contribution in [0, 0.1) is 18.8 Å². The Kier molecular flexibility index (Phi) is 4.57. The Balaban J connectivity index is 1.98. The summed E-state index contributed by atoms with van der Waals surface area (Å²) in [6, 6.07) is 15.2. The van der Waals surface area contributed by atoms with Gasteiger partial charge in [-0.3, -0.25) is 9.36 Å². The van der Waals surface area contributed by atoms with Gasteiger partial charge < -0.3 is 0 Å². The van der Waals surface area contributed by atoms with Crippen molar-refractivity contribution in [3.05, 3.63) is 86.4 Å². The second-order valence-electron chi connectivity index (χ2n) is 6.10. The smallest absolute Gasteiger partial charge is 0.267 e. The van der Waals surface area contributed by atoms with E-state index in [1.807, 2.05) is 67.8 Å². The van der Waals surface area contributed by atoms with E-state index < -0.39 is 0 Å². The molecule has 4 aromatic rings. The third-order valence-corrected chi connectivity index (χ3v) is 5.10. The molecule has 0 aliphatic carbocycles. The quantitative estimate of drug-likeness (QED) is 0.498. The predicted molar refractivity (Wildman–Crippen MR) is 110 cm³/mol. The van der Waals surface area contributed by atoms with E-state index in [0.29, 0.717) is 22.9 Å². The molecule has 0 aliphatic heterocycles. The number of thiazole rings is 1. The maximum atomic E-state index is 13.4. The zero-order chi connectivity index (χ0) is 18.8.